The molecule has 0 aliphatic rings. The van der Waals surface area contributed by atoms with Gasteiger partial charge in [0, 0.05) is 24.0 Å². The van der Waals surface area contributed by atoms with Crippen molar-refractivity contribution in [3.8, 4) is 0 Å². The Labute approximate surface area is 142 Å². The van der Waals surface area contributed by atoms with Crippen LogP contribution in [0.25, 0.3) is 21.7 Å². The van der Waals surface area contributed by atoms with Crippen LogP contribution in [0.2, 0.25) is 0 Å². The third kappa shape index (κ3) is 2.36. The molecule has 0 atom stereocenters. The number of halogens is 1. The first-order valence-corrected chi connectivity index (χ1v) is 7.83. The van der Waals surface area contributed by atoms with Crippen LogP contribution >= 0.6 is 0 Å². The van der Waals surface area contributed by atoms with Crippen LogP contribution in [0.15, 0.2) is 35.3 Å². The van der Waals surface area contributed by atoms with Crippen molar-refractivity contribution >= 4 is 33.2 Å². The van der Waals surface area contributed by atoms with Crippen molar-refractivity contribution in [2.45, 2.75) is 13.8 Å². The van der Waals surface area contributed by atoms with E-state index in [2.05, 4.69) is 20.4 Å². The van der Waals surface area contributed by atoms with Crippen LogP contribution in [0.1, 0.15) is 11.4 Å². The number of H-pyrrole nitrogens is 1. The van der Waals surface area contributed by atoms with E-state index in [9.17, 15) is 9.18 Å². The van der Waals surface area contributed by atoms with Crippen LogP contribution in [0.5, 0.6) is 0 Å². The fourth-order valence-corrected chi connectivity index (χ4v) is 3.10. The van der Waals surface area contributed by atoms with Gasteiger partial charge in [0.1, 0.15) is 11.6 Å². The molecule has 0 aliphatic carbocycles. The maximum atomic E-state index is 13.7. The smallest absolute Gasteiger partial charge is 0.256 e. The monoisotopic (exact) mass is 337 g/mol. The SMILES string of the molecule is Cc1nn(C)c(C)c1Nc1nc2ccc(F)cc2c2c(=O)[nH]ccc12. The minimum atomic E-state index is -0.404. The molecule has 0 radical (unpaired) electrons. The number of nitrogens with one attached hydrogen (secondary N) is 2. The summed E-state index contributed by atoms with van der Waals surface area (Å²) in [7, 11) is 1.87. The normalized spacial score (nSPS) is 11.4. The number of nitrogens with zero attached hydrogens (tertiary/aromatic N) is 3. The number of aryl methyl sites for hydroxylation is 2. The number of benzene rings is 1. The maximum absolute atomic E-state index is 13.7. The fourth-order valence-electron chi connectivity index (χ4n) is 3.10. The molecule has 0 bridgehead atoms. The van der Waals surface area contributed by atoms with Crippen molar-refractivity contribution in [1.82, 2.24) is 19.7 Å². The minimum Gasteiger partial charge on any atom is -0.337 e. The van der Waals surface area contributed by atoms with Crippen LogP contribution in [0.3, 0.4) is 0 Å². The molecule has 25 heavy (non-hydrogen) atoms. The summed E-state index contributed by atoms with van der Waals surface area (Å²) in [5.41, 5.74) is 2.90. The number of rotatable bonds is 2. The van der Waals surface area contributed by atoms with Crippen LogP contribution in [-0.2, 0) is 7.05 Å². The van der Waals surface area contributed by atoms with Gasteiger partial charge in [0.05, 0.1) is 28.0 Å². The summed E-state index contributed by atoms with van der Waals surface area (Å²) in [6.45, 7) is 3.86. The summed E-state index contributed by atoms with van der Waals surface area (Å²) in [5.74, 6) is 0.137. The molecule has 7 heteroatoms. The number of pyridine rings is 2. The molecule has 3 heterocycles. The maximum Gasteiger partial charge on any atom is 0.256 e. The highest BCUT2D eigenvalue weighted by molar-refractivity contribution is 6.10. The molecule has 2 N–H and O–H groups in total. The first-order chi connectivity index (χ1) is 12.0. The average molecular weight is 337 g/mol. The van der Waals surface area contributed by atoms with Gasteiger partial charge < -0.3 is 10.3 Å². The number of anilines is 2. The van der Waals surface area contributed by atoms with E-state index in [1.54, 1.807) is 23.0 Å². The highest BCUT2D eigenvalue weighted by Gasteiger charge is 2.15. The lowest BCUT2D eigenvalue weighted by Crippen LogP contribution is -2.08. The average Bonchev–Trinajstić information content (AvgIpc) is 2.81. The van der Waals surface area contributed by atoms with Crippen molar-refractivity contribution in [3.05, 3.63) is 58.0 Å². The topological polar surface area (TPSA) is 75.6 Å². The zero-order valence-electron chi connectivity index (χ0n) is 14.0. The van der Waals surface area contributed by atoms with Crippen LogP contribution < -0.4 is 10.9 Å². The zero-order valence-corrected chi connectivity index (χ0v) is 14.0. The molecule has 0 saturated heterocycles. The van der Waals surface area contributed by atoms with Crippen LogP contribution in [0.4, 0.5) is 15.9 Å². The predicted molar refractivity (Wildman–Crippen MR) is 95.8 cm³/mol. The molecular weight excluding hydrogens is 321 g/mol. The third-order valence-electron chi connectivity index (χ3n) is 4.43. The first kappa shape index (κ1) is 15.3. The Morgan fingerprint density at radius 3 is 2.72 bits per heavy atom. The van der Waals surface area contributed by atoms with E-state index in [1.807, 2.05) is 20.9 Å². The van der Waals surface area contributed by atoms with E-state index in [0.29, 0.717) is 27.5 Å². The molecule has 0 fully saturated rings. The van der Waals surface area contributed by atoms with Gasteiger partial charge >= 0.3 is 0 Å². The van der Waals surface area contributed by atoms with E-state index in [0.717, 1.165) is 17.1 Å². The summed E-state index contributed by atoms with van der Waals surface area (Å²) in [4.78, 5) is 19.7. The highest BCUT2D eigenvalue weighted by Crippen LogP contribution is 2.31. The second-order valence-corrected chi connectivity index (χ2v) is 6.01. The Morgan fingerprint density at radius 1 is 1.20 bits per heavy atom. The molecule has 0 unspecified atom stereocenters. The molecule has 0 amide bonds. The summed E-state index contributed by atoms with van der Waals surface area (Å²) in [6, 6.07) is 6.01. The first-order valence-electron chi connectivity index (χ1n) is 7.83. The Bertz CT molecular complexity index is 1190. The lowest BCUT2D eigenvalue weighted by Gasteiger charge is -2.11. The second-order valence-electron chi connectivity index (χ2n) is 6.01. The molecule has 126 valence electrons. The van der Waals surface area contributed by atoms with Gasteiger partial charge in [-0.15, -0.1) is 0 Å². The van der Waals surface area contributed by atoms with Crippen molar-refractivity contribution in [1.29, 1.82) is 0 Å². The summed E-state index contributed by atoms with van der Waals surface area (Å²) < 4.78 is 15.5. The minimum absolute atomic E-state index is 0.279. The Hall–Kier alpha value is -3.22. The molecular formula is C18H16FN5O. The number of aromatic amines is 1. The summed E-state index contributed by atoms with van der Waals surface area (Å²) in [5, 5.41) is 9.21. The highest BCUT2D eigenvalue weighted by atomic mass is 19.1. The molecule has 4 aromatic rings. The molecule has 0 aliphatic heterocycles. The molecule has 0 spiro atoms. The van der Waals surface area contributed by atoms with Crippen molar-refractivity contribution < 1.29 is 4.39 Å². The Kier molecular flexibility index (Phi) is 3.31. The van der Waals surface area contributed by atoms with E-state index < -0.39 is 5.82 Å². The van der Waals surface area contributed by atoms with Crippen molar-refractivity contribution in [2.24, 2.45) is 7.05 Å². The van der Waals surface area contributed by atoms with Gasteiger partial charge in [-0.05, 0) is 38.1 Å². The zero-order chi connectivity index (χ0) is 17.7. The van der Waals surface area contributed by atoms with Gasteiger partial charge in [0.15, 0.2) is 0 Å². The van der Waals surface area contributed by atoms with Crippen LogP contribution in [0, 0.1) is 19.7 Å². The van der Waals surface area contributed by atoms with E-state index in [-0.39, 0.29) is 5.56 Å². The largest absolute Gasteiger partial charge is 0.337 e. The van der Waals surface area contributed by atoms with Gasteiger partial charge in [0.25, 0.3) is 5.56 Å². The summed E-state index contributed by atoms with van der Waals surface area (Å²) >= 11 is 0. The van der Waals surface area contributed by atoms with Gasteiger partial charge in [-0.1, -0.05) is 0 Å². The standard InChI is InChI=1S/C18H16FN5O/c1-9-16(10(2)24(3)23-9)22-17-12-6-7-20-18(25)15(12)13-8-11(19)4-5-14(13)21-17/h4-8H,1-3H3,(H,20,25)(H,21,22). The number of aromatic nitrogens is 4. The van der Waals surface area contributed by atoms with Crippen LogP contribution in [-0.4, -0.2) is 19.7 Å². The number of hydrogen-bond donors (Lipinski definition) is 2. The van der Waals surface area contributed by atoms with Crippen molar-refractivity contribution in [2.75, 3.05) is 5.32 Å². The molecule has 3 aromatic heterocycles. The second kappa shape index (κ2) is 5.41. The molecule has 0 saturated carbocycles. The van der Waals surface area contributed by atoms with Gasteiger partial charge in [0.2, 0.25) is 0 Å². The van der Waals surface area contributed by atoms with Gasteiger partial charge in [-0.2, -0.15) is 5.10 Å². The third-order valence-corrected chi connectivity index (χ3v) is 4.43. The van der Waals surface area contributed by atoms with Crippen molar-refractivity contribution in [3.63, 3.8) is 0 Å². The van der Waals surface area contributed by atoms with Gasteiger partial charge in [-0.3, -0.25) is 9.48 Å². The number of fused-ring (bicyclic) bond motifs is 3. The van der Waals surface area contributed by atoms with E-state index in [4.69, 9.17) is 0 Å². The fraction of sp³-hybridized carbons (Fsp3) is 0.167. The quantitative estimate of drug-likeness (QED) is 0.550. The lowest BCUT2D eigenvalue weighted by atomic mass is 10.1. The number of hydrogen-bond acceptors (Lipinski definition) is 4. The van der Waals surface area contributed by atoms with E-state index in [1.165, 1.54) is 12.1 Å². The lowest BCUT2D eigenvalue weighted by molar-refractivity contribution is 0.629. The molecule has 4 rings (SSSR count). The molecule has 1 aromatic carbocycles. The van der Waals surface area contributed by atoms with Gasteiger partial charge in [-0.25, -0.2) is 9.37 Å². The molecule has 6 nitrogen and oxygen atoms in total. The Balaban J connectivity index is 2.05. The van der Waals surface area contributed by atoms with E-state index >= 15 is 0 Å². The Morgan fingerprint density at radius 2 is 2.00 bits per heavy atom. The summed E-state index contributed by atoms with van der Waals surface area (Å²) in [6.07, 6.45) is 1.56. The predicted octanol–water partition coefficient (Wildman–Crippen LogP) is 3.31.